The van der Waals surface area contributed by atoms with Gasteiger partial charge in [-0.25, -0.2) is 5.48 Å². The quantitative estimate of drug-likeness (QED) is 0.453. The fraction of sp³-hybridized carbons (Fsp3) is 0.429. The van der Waals surface area contributed by atoms with E-state index in [4.69, 9.17) is 5.21 Å². The van der Waals surface area contributed by atoms with E-state index in [1.807, 2.05) is 0 Å². The van der Waals surface area contributed by atoms with E-state index in [1.165, 1.54) is 36.7 Å². The van der Waals surface area contributed by atoms with Crippen LogP contribution in [0.15, 0.2) is 18.2 Å². The molecule has 2 amide bonds. The van der Waals surface area contributed by atoms with Crippen LogP contribution in [-0.4, -0.2) is 23.1 Å². The molecule has 2 rings (SSSR count). The molecule has 0 atom stereocenters. The molecule has 0 saturated heterocycles. The number of hydrogen-bond acceptors (Lipinski definition) is 4. The lowest BCUT2D eigenvalue weighted by molar-refractivity contribution is -0.117. The Kier molecular flexibility index (Phi) is 5.31. The maximum Gasteiger partial charge on any atom is 0.284 e. The van der Waals surface area contributed by atoms with Gasteiger partial charge in [-0.1, -0.05) is 19.3 Å². The summed E-state index contributed by atoms with van der Waals surface area (Å²) in [5.41, 5.74) is 1.58. The highest BCUT2D eigenvalue weighted by atomic mass is 32.1. The van der Waals surface area contributed by atoms with Gasteiger partial charge in [-0.15, -0.1) is 11.3 Å². The summed E-state index contributed by atoms with van der Waals surface area (Å²) >= 11 is 1.21. The average Bonchev–Trinajstić information content (AvgIpc) is 2.94. The molecule has 1 aromatic rings. The van der Waals surface area contributed by atoms with Crippen molar-refractivity contribution >= 4 is 29.2 Å². The Morgan fingerprint density at radius 3 is 2.70 bits per heavy atom. The molecule has 20 heavy (non-hydrogen) atoms. The summed E-state index contributed by atoms with van der Waals surface area (Å²) in [4.78, 5) is 24.1. The van der Waals surface area contributed by atoms with E-state index >= 15 is 0 Å². The van der Waals surface area contributed by atoms with Gasteiger partial charge in [0, 0.05) is 17.0 Å². The number of hydroxylamine groups is 1. The van der Waals surface area contributed by atoms with E-state index in [0.717, 1.165) is 17.7 Å². The molecular weight excluding hydrogens is 276 g/mol. The first-order valence-electron chi connectivity index (χ1n) is 6.72. The van der Waals surface area contributed by atoms with Gasteiger partial charge in [-0.3, -0.25) is 14.8 Å². The summed E-state index contributed by atoms with van der Waals surface area (Å²) in [5.74, 6) is -0.639. The second kappa shape index (κ2) is 7.21. The van der Waals surface area contributed by atoms with Crippen LogP contribution in [-0.2, 0) is 4.79 Å². The Morgan fingerprint density at radius 2 is 2.00 bits per heavy atom. The van der Waals surface area contributed by atoms with Crippen molar-refractivity contribution in [2.24, 2.45) is 0 Å². The normalized spacial score (nSPS) is 16.2. The highest BCUT2D eigenvalue weighted by molar-refractivity contribution is 7.14. The Hall–Kier alpha value is -1.66. The maximum atomic E-state index is 11.8. The van der Waals surface area contributed by atoms with E-state index < -0.39 is 5.91 Å². The van der Waals surface area contributed by atoms with Crippen LogP contribution in [0.3, 0.4) is 0 Å². The molecule has 0 spiro atoms. The molecule has 0 aromatic carbocycles. The molecule has 108 valence electrons. The average molecular weight is 294 g/mol. The molecule has 6 heteroatoms. The minimum Gasteiger partial charge on any atom is -0.350 e. The molecule has 1 aromatic heterocycles. The predicted octanol–water partition coefficient (Wildman–Crippen LogP) is 2.33. The number of nitrogens with one attached hydrogen (secondary N) is 2. The van der Waals surface area contributed by atoms with Crippen LogP contribution in [0.4, 0.5) is 0 Å². The van der Waals surface area contributed by atoms with Crippen LogP contribution in [0.1, 0.15) is 46.7 Å². The van der Waals surface area contributed by atoms with E-state index in [1.54, 1.807) is 23.7 Å². The molecular formula is C14H18N2O3S. The second-order valence-electron chi connectivity index (χ2n) is 4.82. The lowest BCUT2D eigenvalue weighted by Gasteiger charge is -2.21. The summed E-state index contributed by atoms with van der Waals surface area (Å²) in [6.45, 7) is 0. The van der Waals surface area contributed by atoms with Gasteiger partial charge >= 0.3 is 0 Å². The molecule has 1 saturated carbocycles. The van der Waals surface area contributed by atoms with Gasteiger partial charge in [0.15, 0.2) is 0 Å². The number of hydrogen-bond donors (Lipinski definition) is 3. The number of thiophene rings is 1. The zero-order valence-corrected chi connectivity index (χ0v) is 11.9. The molecule has 0 aliphatic heterocycles. The third-order valence-corrected chi connectivity index (χ3v) is 4.35. The number of carbonyl (C=O) groups is 2. The Balaban J connectivity index is 1.86. The van der Waals surface area contributed by atoms with E-state index in [-0.39, 0.29) is 5.91 Å². The third kappa shape index (κ3) is 4.18. The number of rotatable bonds is 4. The van der Waals surface area contributed by atoms with Crippen molar-refractivity contribution in [3.05, 3.63) is 28.0 Å². The van der Waals surface area contributed by atoms with E-state index in [2.05, 4.69) is 5.32 Å². The fourth-order valence-electron chi connectivity index (χ4n) is 2.27. The zero-order chi connectivity index (χ0) is 14.4. The summed E-state index contributed by atoms with van der Waals surface area (Å²) in [7, 11) is 0. The lowest BCUT2D eigenvalue weighted by atomic mass is 9.95. The topological polar surface area (TPSA) is 78.4 Å². The van der Waals surface area contributed by atoms with Crippen molar-refractivity contribution in [3.8, 4) is 0 Å². The van der Waals surface area contributed by atoms with Crippen LogP contribution in [0.25, 0.3) is 6.08 Å². The van der Waals surface area contributed by atoms with Crippen molar-refractivity contribution in [1.29, 1.82) is 0 Å². The standard InChI is InChI=1S/C14H18N2O3S/c17-13(15-10-4-2-1-3-5-10)9-7-11-6-8-12(20-11)14(18)16-19/h6-10,19H,1-5H2,(H,15,17)(H,16,18)/b9-7+. The van der Waals surface area contributed by atoms with Gasteiger partial charge in [0.05, 0.1) is 4.88 Å². The first kappa shape index (κ1) is 14.7. The molecule has 0 bridgehead atoms. The molecule has 0 unspecified atom stereocenters. The van der Waals surface area contributed by atoms with Crippen molar-refractivity contribution in [2.75, 3.05) is 0 Å². The minimum absolute atomic E-state index is 0.0986. The van der Waals surface area contributed by atoms with Crippen molar-refractivity contribution in [1.82, 2.24) is 10.8 Å². The largest absolute Gasteiger partial charge is 0.350 e. The van der Waals surface area contributed by atoms with Crippen LogP contribution in [0.5, 0.6) is 0 Å². The molecule has 5 nitrogen and oxygen atoms in total. The Labute approximate surface area is 121 Å². The number of amides is 2. The van der Waals surface area contributed by atoms with Gasteiger partial charge in [-0.05, 0) is 31.1 Å². The van der Waals surface area contributed by atoms with Crippen molar-refractivity contribution in [2.45, 2.75) is 38.1 Å². The lowest BCUT2D eigenvalue weighted by Crippen LogP contribution is -2.34. The summed E-state index contributed by atoms with van der Waals surface area (Å²) in [6, 6.07) is 3.63. The Bertz CT molecular complexity index is 504. The van der Waals surface area contributed by atoms with Crippen LogP contribution < -0.4 is 10.8 Å². The molecule has 1 aliphatic carbocycles. The smallest absolute Gasteiger partial charge is 0.284 e. The predicted molar refractivity (Wildman–Crippen MR) is 77.6 cm³/mol. The zero-order valence-electron chi connectivity index (χ0n) is 11.1. The van der Waals surface area contributed by atoms with Crippen LogP contribution in [0.2, 0.25) is 0 Å². The molecule has 3 N–H and O–H groups in total. The van der Waals surface area contributed by atoms with E-state index in [9.17, 15) is 9.59 Å². The fourth-order valence-corrected chi connectivity index (χ4v) is 3.07. The van der Waals surface area contributed by atoms with Gasteiger partial charge in [0.2, 0.25) is 5.91 Å². The second-order valence-corrected chi connectivity index (χ2v) is 5.94. The molecule has 0 radical (unpaired) electrons. The van der Waals surface area contributed by atoms with E-state index in [0.29, 0.717) is 10.9 Å². The van der Waals surface area contributed by atoms with Gasteiger partial charge in [0.25, 0.3) is 5.91 Å². The highest BCUT2D eigenvalue weighted by Gasteiger charge is 2.14. The highest BCUT2D eigenvalue weighted by Crippen LogP contribution is 2.19. The summed E-state index contributed by atoms with van der Waals surface area (Å²) < 4.78 is 0. The van der Waals surface area contributed by atoms with Crippen molar-refractivity contribution in [3.63, 3.8) is 0 Å². The molecule has 1 fully saturated rings. The summed E-state index contributed by atoms with van der Waals surface area (Å²) in [5, 5.41) is 11.5. The summed E-state index contributed by atoms with van der Waals surface area (Å²) in [6.07, 6.45) is 8.89. The van der Waals surface area contributed by atoms with Gasteiger partial charge < -0.3 is 5.32 Å². The molecule has 1 heterocycles. The monoisotopic (exact) mass is 294 g/mol. The van der Waals surface area contributed by atoms with Crippen LogP contribution in [0, 0.1) is 0 Å². The first-order chi connectivity index (χ1) is 9.69. The third-order valence-electron chi connectivity index (χ3n) is 3.30. The SMILES string of the molecule is O=C(/C=C/c1ccc(C(=O)NO)s1)NC1CCCCC1. The first-order valence-corrected chi connectivity index (χ1v) is 7.53. The minimum atomic E-state index is -0.540. The Morgan fingerprint density at radius 1 is 1.25 bits per heavy atom. The number of carbonyl (C=O) groups excluding carboxylic acids is 2. The van der Waals surface area contributed by atoms with Crippen molar-refractivity contribution < 1.29 is 14.8 Å². The molecule has 1 aliphatic rings. The van der Waals surface area contributed by atoms with Gasteiger partial charge in [-0.2, -0.15) is 0 Å². The maximum absolute atomic E-state index is 11.8. The van der Waals surface area contributed by atoms with Gasteiger partial charge in [0.1, 0.15) is 0 Å². The van der Waals surface area contributed by atoms with Crippen LogP contribution >= 0.6 is 11.3 Å².